The lowest BCUT2D eigenvalue weighted by atomic mass is 9.94. The Balaban J connectivity index is 4.82. The summed E-state index contributed by atoms with van der Waals surface area (Å²) < 4.78 is 5.48. The van der Waals surface area contributed by atoms with Crippen molar-refractivity contribution in [2.45, 2.75) is 65.5 Å². The average Bonchev–Trinajstić information content (AvgIpc) is 2.35. The Morgan fingerprint density at radius 3 is 2.06 bits per heavy atom. The second-order valence-electron chi connectivity index (χ2n) is 4.79. The number of hydrogen-bond acceptors (Lipinski definition) is 5. The van der Waals surface area contributed by atoms with Crippen molar-refractivity contribution in [2.75, 3.05) is 0 Å². The van der Waals surface area contributed by atoms with Gasteiger partial charge in [-0.1, -0.05) is 20.8 Å². The highest BCUT2D eigenvalue weighted by Crippen LogP contribution is 2.22. The van der Waals surface area contributed by atoms with Gasteiger partial charge in [-0.05, 0) is 26.7 Å². The number of aliphatic hydroxyl groups excluding tert-OH is 1. The molecule has 0 aromatic rings. The predicted molar refractivity (Wildman–Crippen MR) is 66.9 cm³/mol. The molecule has 3 atom stereocenters. The first kappa shape index (κ1) is 17.2. The summed E-state index contributed by atoms with van der Waals surface area (Å²) in [5.41, 5.74) is -1.35. The molecule has 0 rings (SSSR count). The summed E-state index contributed by atoms with van der Waals surface area (Å²) in [6.07, 6.45) is -1.86. The lowest BCUT2D eigenvalue weighted by Crippen LogP contribution is -2.48. The maximum Gasteiger partial charge on any atom is 0.219 e. The van der Waals surface area contributed by atoms with Gasteiger partial charge >= 0.3 is 0 Å². The van der Waals surface area contributed by atoms with Crippen molar-refractivity contribution in [1.82, 2.24) is 0 Å². The largest absolute Gasteiger partial charge is 0.362 e. The smallest absolute Gasteiger partial charge is 0.219 e. The first-order valence-corrected chi connectivity index (χ1v) is 6.31. The molecule has 5 heteroatoms. The third-order valence-electron chi connectivity index (χ3n) is 3.37. The molecule has 0 aromatic heterocycles. The number of hydrogen-bond donors (Lipinski definition) is 2. The van der Waals surface area contributed by atoms with Crippen LogP contribution >= 0.6 is 0 Å². The van der Waals surface area contributed by atoms with E-state index < -0.39 is 23.8 Å². The van der Waals surface area contributed by atoms with Crippen molar-refractivity contribution in [3.05, 3.63) is 0 Å². The van der Waals surface area contributed by atoms with E-state index in [1.54, 1.807) is 20.8 Å². The van der Waals surface area contributed by atoms with Crippen LogP contribution in [-0.2, 0) is 14.3 Å². The minimum Gasteiger partial charge on any atom is -0.362 e. The zero-order valence-electron chi connectivity index (χ0n) is 11.8. The van der Waals surface area contributed by atoms with Crippen LogP contribution in [0.2, 0.25) is 0 Å². The molecule has 2 N–H and O–H groups in total. The van der Waals surface area contributed by atoms with Crippen molar-refractivity contribution >= 4 is 11.6 Å². The minimum absolute atomic E-state index is 0.0857. The molecule has 0 saturated carbocycles. The highest BCUT2D eigenvalue weighted by Gasteiger charge is 2.39. The summed E-state index contributed by atoms with van der Waals surface area (Å²) in [7, 11) is 0. The Bertz CT molecular complexity index is 300. The molecule has 106 valence electrons. The van der Waals surface area contributed by atoms with Gasteiger partial charge in [0.1, 0.15) is 11.7 Å². The Hall–Kier alpha value is -0.780. The predicted octanol–water partition coefficient (Wildman–Crippen LogP) is 1.06. The van der Waals surface area contributed by atoms with E-state index in [1.165, 1.54) is 6.92 Å². The van der Waals surface area contributed by atoms with E-state index in [2.05, 4.69) is 0 Å². The van der Waals surface area contributed by atoms with E-state index in [9.17, 15) is 9.59 Å². The van der Waals surface area contributed by atoms with Crippen LogP contribution in [0.25, 0.3) is 0 Å². The summed E-state index contributed by atoms with van der Waals surface area (Å²) in [6.45, 7) is 8.44. The van der Waals surface area contributed by atoms with Gasteiger partial charge < -0.3 is 14.9 Å². The number of carbonyl (C=O) groups excluding carboxylic acids is 2. The van der Waals surface area contributed by atoms with Crippen molar-refractivity contribution < 1.29 is 24.5 Å². The number of ether oxygens (including phenoxy) is 1. The molecule has 0 heterocycles. The highest BCUT2D eigenvalue weighted by atomic mass is 16.5. The number of Topliss-reactive ketones (excluding diaryl/α,β-unsaturated/α-hetero) is 2. The molecule has 0 saturated heterocycles. The summed E-state index contributed by atoms with van der Waals surface area (Å²) in [6, 6.07) is 0. The van der Waals surface area contributed by atoms with Crippen LogP contribution in [0.5, 0.6) is 0 Å². The molecular formula is C13H24O5. The van der Waals surface area contributed by atoms with Crippen LogP contribution in [0.3, 0.4) is 0 Å². The van der Waals surface area contributed by atoms with E-state index in [0.717, 1.165) is 0 Å². The minimum atomic E-state index is -2.08. The lowest BCUT2D eigenvalue weighted by molar-refractivity contribution is -0.177. The Morgan fingerprint density at radius 2 is 1.72 bits per heavy atom. The van der Waals surface area contributed by atoms with Crippen molar-refractivity contribution in [3.8, 4) is 0 Å². The van der Waals surface area contributed by atoms with E-state index in [1.807, 2.05) is 6.92 Å². The molecule has 0 aliphatic carbocycles. The number of carbonyl (C=O) groups is 2. The molecule has 3 unspecified atom stereocenters. The van der Waals surface area contributed by atoms with Crippen LogP contribution in [0.4, 0.5) is 0 Å². The number of ketones is 2. The monoisotopic (exact) mass is 260 g/mol. The zero-order valence-corrected chi connectivity index (χ0v) is 11.8. The zero-order chi connectivity index (χ0) is 14.5. The molecule has 5 nitrogen and oxygen atoms in total. The fourth-order valence-corrected chi connectivity index (χ4v) is 1.64. The van der Waals surface area contributed by atoms with Gasteiger partial charge in [-0.25, -0.2) is 0 Å². The van der Waals surface area contributed by atoms with Crippen LogP contribution in [-0.4, -0.2) is 39.8 Å². The fourth-order valence-electron chi connectivity index (χ4n) is 1.64. The molecule has 18 heavy (non-hydrogen) atoms. The molecule has 0 aromatic carbocycles. The van der Waals surface area contributed by atoms with Gasteiger partial charge in [-0.15, -0.1) is 0 Å². The third kappa shape index (κ3) is 4.15. The highest BCUT2D eigenvalue weighted by molar-refractivity contribution is 5.90. The second-order valence-corrected chi connectivity index (χ2v) is 4.79. The van der Waals surface area contributed by atoms with Gasteiger partial charge in [-0.2, -0.15) is 0 Å². The van der Waals surface area contributed by atoms with Gasteiger partial charge in [-0.3, -0.25) is 9.59 Å². The maximum absolute atomic E-state index is 11.9. The first-order chi connectivity index (χ1) is 8.19. The summed E-state index contributed by atoms with van der Waals surface area (Å²) in [4.78, 5) is 23.6. The SMILES string of the molecule is CCC(C)C(=O)C(C)OC(C)(CC)C(=O)C(O)O. The van der Waals surface area contributed by atoms with E-state index in [0.29, 0.717) is 6.42 Å². The quantitative estimate of drug-likeness (QED) is 0.637. The fraction of sp³-hybridized carbons (Fsp3) is 0.846. The molecule has 0 bridgehead atoms. The normalized spacial score (nSPS) is 18.2. The van der Waals surface area contributed by atoms with Gasteiger partial charge in [0.15, 0.2) is 5.78 Å². The molecule has 0 spiro atoms. The maximum atomic E-state index is 11.9. The van der Waals surface area contributed by atoms with E-state index >= 15 is 0 Å². The van der Waals surface area contributed by atoms with E-state index in [-0.39, 0.29) is 18.1 Å². The molecule has 0 amide bonds. The summed E-state index contributed by atoms with van der Waals surface area (Å²) in [5, 5.41) is 17.9. The molecule has 0 radical (unpaired) electrons. The van der Waals surface area contributed by atoms with Gasteiger partial charge in [0.25, 0.3) is 0 Å². The molecule has 0 fully saturated rings. The van der Waals surface area contributed by atoms with Gasteiger partial charge in [0.2, 0.25) is 12.1 Å². The average molecular weight is 260 g/mol. The topological polar surface area (TPSA) is 83.8 Å². The summed E-state index contributed by atoms with van der Waals surface area (Å²) >= 11 is 0. The Labute approximate surface area is 108 Å². The Morgan fingerprint density at radius 1 is 1.22 bits per heavy atom. The number of rotatable bonds is 8. The van der Waals surface area contributed by atoms with Gasteiger partial charge in [0, 0.05) is 5.92 Å². The molecule has 0 aliphatic rings. The first-order valence-electron chi connectivity index (χ1n) is 6.31. The molecular weight excluding hydrogens is 236 g/mol. The number of aliphatic hydroxyl groups is 2. The van der Waals surface area contributed by atoms with Crippen LogP contribution in [0.15, 0.2) is 0 Å². The van der Waals surface area contributed by atoms with Crippen LogP contribution in [0, 0.1) is 5.92 Å². The van der Waals surface area contributed by atoms with Crippen molar-refractivity contribution in [2.24, 2.45) is 5.92 Å². The standard InChI is InChI=1S/C13H24O5/c1-6-8(3)10(14)9(4)18-13(5,7-2)11(15)12(16)17/h8-9,12,16-17H,6-7H2,1-5H3. The van der Waals surface area contributed by atoms with Gasteiger partial charge in [0.05, 0.1) is 0 Å². The summed E-state index contributed by atoms with van der Waals surface area (Å²) in [5.74, 6) is -1.05. The lowest BCUT2D eigenvalue weighted by Gasteiger charge is -2.31. The molecule has 0 aliphatic heterocycles. The Kier molecular flexibility index (Phi) is 6.67. The third-order valence-corrected chi connectivity index (χ3v) is 3.37. The van der Waals surface area contributed by atoms with Crippen molar-refractivity contribution in [1.29, 1.82) is 0 Å². The van der Waals surface area contributed by atoms with Crippen LogP contribution < -0.4 is 0 Å². The van der Waals surface area contributed by atoms with E-state index in [4.69, 9.17) is 14.9 Å². The van der Waals surface area contributed by atoms with Crippen LogP contribution in [0.1, 0.15) is 47.5 Å². The van der Waals surface area contributed by atoms with Crippen molar-refractivity contribution in [3.63, 3.8) is 0 Å². The second kappa shape index (κ2) is 6.97.